The summed E-state index contributed by atoms with van der Waals surface area (Å²) in [5, 5.41) is 0. The summed E-state index contributed by atoms with van der Waals surface area (Å²) in [6.07, 6.45) is 10.4. The van der Waals surface area contributed by atoms with E-state index < -0.39 is 0 Å². The molecule has 0 saturated carbocycles. The minimum Gasteiger partial charge on any atom is -0.248 e. The van der Waals surface area contributed by atoms with E-state index in [0.717, 1.165) is 6.54 Å². The van der Waals surface area contributed by atoms with E-state index in [2.05, 4.69) is 23.4 Å². The standard InChI is InChI=1S/C9H11N/c1-2-4-9-7-10-6-5-8(9)3-1/h1,3,7H,2,4-6H2/p+1. The van der Waals surface area contributed by atoms with Crippen molar-refractivity contribution in [2.45, 2.75) is 19.3 Å². The zero-order valence-electron chi connectivity index (χ0n) is 6.06. The molecule has 0 aromatic heterocycles. The summed E-state index contributed by atoms with van der Waals surface area (Å²) in [7, 11) is 0. The Hall–Kier alpha value is -0.850. The average molecular weight is 134 g/mol. The van der Waals surface area contributed by atoms with Gasteiger partial charge in [-0.25, -0.2) is 4.99 Å². The molecule has 2 rings (SSSR count). The minimum atomic E-state index is 1.11. The fraction of sp³-hybridized carbons (Fsp3) is 0.444. The highest BCUT2D eigenvalue weighted by atomic mass is 14.7. The van der Waals surface area contributed by atoms with Gasteiger partial charge in [0.25, 0.3) is 0 Å². The molecule has 52 valence electrons. The fourth-order valence-electron chi connectivity index (χ4n) is 1.54. The first kappa shape index (κ1) is 5.90. The van der Waals surface area contributed by atoms with Gasteiger partial charge in [-0.2, -0.15) is 0 Å². The van der Waals surface area contributed by atoms with Gasteiger partial charge in [-0.15, -0.1) is 0 Å². The first-order chi connectivity index (χ1) is 4.97. The Balaban J connectivity index is 2.32. The number of allylic oxidation sites excluding steroid dienone is 3. The molecule has 10 heavy (non-hydrogen) atoms. The molecule has 0 spiro atoms. The second-order valence-electron chi connectivity index (χ2n) is 2.84. The zero-order valence-corrected chi connectivity index (χ0v) is 6.06. The lowest BCUT2D eigenvalue weighted by Crippen LogP contribution is -2.70. The minimum absolute atomic E-state index is 1.11. The summed E-state index contributed by atoms with van der Waals surface area (Å²) in [4.78, 5) is 3.27. The molecule has 0 aromatic rings. The molecule has 2 aliphatic rings. The molecule has 1 heteroatoms. The summed E-state index contributed by atoms with van der Waals surface area (Å²) in [5.74, 6) is 0. The summed E-state index contributed by atoms with van der Waals surface area (Å²) in [6, 6.07) is 0. The van der Waals surface area contributed by atoms with Gasteiger partial charge in [0.1, 0.15) is 6.54 Å². The van der Waals surface area contributed by atoms with Gasteiger partial charge in [0.15, 0.2) is 6.21 Å². The van der Waals surface area contributed by atoms with Crippen LogP contribution >= 0.6 is 0 Å². The first-order valence-electron chi connectivity index (χ1n) is 3.92. The predicted octanol–water partition coefficient (Wildman–Crippen LogP) is 0.188. The van der Waals surface area contributed by atoms with Gasteiger partial charge < -0.3 is 0 Å². The van der Waals surface area contributed by atoms with Gasteiger partial charge in [0, 0.05) is 12.0 Å². The van der Waals surface area contributed by atoms with Crippen molar-refractivity contribution in [2.75, 3.05) is 6.54 Å². The maximum Gasteiger partial charge on any atom is 0.165 e. The Morgan fingerprint density at radius 3 is 3.10 bits per heavy atom. The Bertz CT molecular complexity index is 197. The normalized spacial score (nSPS) is 23.2. The van der Waals surface area contributed by atoms with E-state index in [1.807, 2.05) is 0 Å². The van der Waals surface area contributed by atoms with Crippen LogP contribution in [0.4, 0.5) is 0 Å². The molecular formula is C9H12N+. The van der Waals surface area contributed by atoms with Crippen LogP contribution in [0.15, 0.2) is 23.3 Å². The van der Waals surface area contributed by atoms with Crippen molar-refractivity contribution in [1.82, 2.24) is 0 Å². The number of nitrogens with one attached hydrogen (secondary N) is 1. The van der Waals surface area contributed by atoms with Crippen molar-refractivity contribution in [2.24, 2.45) is 0 Å². The summed E-state index contributed by atoms with van der Waals surface area (Å²) >= 11 is 0. The molecule has 0 unspecified atom stereocenters. The SMILES string of the molecule is C1=CC2=C(C=[NH+]CC2)CC1. The lowest BCUT2D eigenvalue weighted by Gasteiger charge is -2.11. The van der Waals surface area contributed by atoms with Crippen LogP contribution in [0.2, 0.25) is 0 Å². The van der Waals surface area contributed by atoms with Crippen molar-refractivity contribution in [3.63, 3.8) is 0 Å². The Morgan fingerprint density at radius 1 is 1.20 bits per heavy atom. The molecule has 1 N–H and O–H groups in total. The Kier molecular flexibility index (Phi) is 1.42. The van der Waals surface area contributed by atoms with E-state index >= 15 is 0 Å². The van der Waals surface area contributed by atoms with E-state index in [1.165, 1.54) is 24.8 Å². The van der Waals surface area contributed by atoms with E-state index in [-0.39, 0.29) is 0 Å². The summed E-state index contributed by atoms with van der Waals surface area (Å²) < 4.78 is 0. The van der Waals surface area contributed by atoms with E-state index in [1.54, 1.807) is 5.57 Å². The van der Waals surface area contributed by atoms with Crippen molar-refractivity contribution in [3.05, 3.63) is 23.3 Å². The van der Waals surface area contributed by atoms with Crippen molar-refractivity contribution < 1.29 is 4.99 Å². The molecule has 0 saturated heterocycles. The molecule has 0 amide bonds. The maximum atomic E-state index is 3.27. The summed E-state index contributed by atoms with van der Waals surface area (Å²) in [5.41, 5.74) is 3.07. The number of hydrogen-bond donors (Lipinski definition) is 1. The van der Waals surface area contributed by atoms with Crippen LogP contribution in [0.25, 0.3) is 0 Å². The second kappa shape index (κ2) is 2.41. The highest BCUT2D eigenvalue weighted by Crippen LogP contribution is 2.19. The van der Waals surface area contributed by atoms with Gasteiger partial charge in [0.05, 0.1) is 0 Å². The molecule has 0 bridgehead atoms. The Morgan fingerprint density at radius 2 is 2.20 bits per heavy atom. The third-order valence-electron chi connectivity index (χ3n) is 2.13. The highest BCUT2D eigenvalue weighted by Gasteiger charge is 2.12. The number of rotatable bonds is 0. The zero-order chi connectivity index (χ0) is 6.81. The molecule has 0 aromatic carbocycles. The van der Waals surface area contributed by atoms with Gasteiger partial charge >= 0.3 is 0 Å². The smallest absolute Gasteiger partial charge is 0.165 e. The highest BCUT2D eigenvalue weighted by molar-refractivity contribution is 5.77. The van der Waals surface area contributed by atoms with Crippen LogP contribution < -0.4 is 4.99 Å². The molecule has 1 aliphatic heterocycles. The molecule has 1 aliphatic carbocycles. The average Bonchev–Trinajstić information content (AvgIpc) is 2.05. The van der Waals surface area contributed by atoms with Crippen molar-refractivity contribution >= 4 is 6.21 Å². The van der Waals surface area contributed by atoms with E-state index in [9.17, 15) is 0 Å². The van der Waals surface area contributed by atoms with Crippen LogP contribution in [-0.2, 0) is 0 Å². The lowest BCUT2D eigenvalue weighted by atomic mass is 9.95. The quantitative estimate of drug-likeness (QED) is 0.486. The van der Waals surface area contributed by atoms with Crippen LogP contribution in [0.5, 0.6) is 0 Å². The molecular weight excluding hydrogens is 122 g/mol. The van der Waals surface area contributed by atoms with Crippen LogP contribution in [0.1, 0.15) is 19.3 Å². The molecule has 0 fully saturated rings. The summed E-state index contributed by atoms with van der Waals surface area (Å²) in [6.45, 7) is 1.11. The van der Waals surface area contributed by atoms with Crippen molar-refractivity contribution in [1.29, 1.82) is 0 Å². The monoisotopic (exact) mass is 134 g/mol. The lowest BCUT2D eigenvalue weighted by molar-refractivity contribution is -0.452. The second-order valence-corrected chi connectivity index (χ2v) is 2.84. The largest absolute Gasteiger partial charge is 0.248 e. The topological polar surface area (TPSA) is 14.0 Å². The van der Waals surface area contributed by atoms with Crippen LogP contribution in [0, 0.1) is 0 Å². The third kappa shape index (κ3) is 0.919. The van der Waals surface area contributed by atoms with Gasteiger partial charge in [-0.1, -0.05) is 12.2 Å². The molecule has 1 heterocycles. The maximum absolute atomic E-state index is 3.27. The van der Waals surface area contributed by atoms with Gasteiger partial charge in [0.2, 0.25) is 0 Å². The van der Waals surface area contributed by atoms with E-state index in [4.69, 9.17) is 0 Å². The third-order valence-corrected chi connectivity index (χ3v) is 2.13. The predicted molar refractivity (Wildman–Crippen MR) is 41.9 cm³/mol. The first-order valence-corrected chi connectivity index (χ1v) is 3.92. The molecule has 0 atom stereocenters. The van der Waals surface area contributed by atoms with E-state index in [0.29, 0.717) is 0 Å². The van der Waals surface area contributed by atoms with Crippen molar-refractivity contribution in [3.8, 4) is 0 Å². The Labute approximate surface area is 61.2 Å². The fourth-order valence-corrected chi connectivity index (χ4v) is 1.54. The number of hydrogen-bond acceptors (Lipinski definition) is 0. The van der Waals surface area contributed by atoms with Gasteiger partial charge in [-0.05, 0) is 18.4 Å². The van der Waals surface area contributed by atoms with Gasteiger partial charge in [-0.3, -0.25) is 0 Å². The molecule has 0 radical (unpaired) electrons. The van der Waals surface area contributed by atoms with Crippen LogP contribution in [-0.4, -0.2) is 12.8 Å². The molecule has 1 nitrogen and oxygen atoms in total. The van der Waals surface area contributed by atoms with Crippen LogP contribution in [0.3, 0.4) is 0 Å².